The molecular weight excluding hydrogens is 170 g/mol. The highest BCUT2D eigenvalue weighted by atomic mass is 35.5. The maximum absolute atomic E-state index is 6.02. The lowest BCUT2D eigenvalue weighted by Gasteiger charge is -2.08. The van der Waals surface area contributed by atoms with Crippen LogP contribution in [0.2, 0.25) is 0 Å². The Hall–Kier alpha value is -0.530. The molecule has 2 N–H and O–H groups in total. The molecule has 0 unspecified atom stereocenters. The summed E-state index contributed by atoms with van der Waals surface area (Å²) in [5.41, 5.74) is 8.65. The average molecular weight is 184 g/mol. The van der Waals surface area contributed by atoms with E-state index < -0.39 is 0 Å². The largest absolute Gasteiger partial charge is 0.321 e. The third-order valence-electron chi connectivity index (χ3n) is 2.42. The maximum atomic E-state index is 6.02. The first-order valence-corrected chi connectivity index (χ1v) is 4.07. The fourth-order valence-electron chi connectivity index (χ4n) is 1.31. The molecule has 0 heterocycles. The second-order valence-electron chi connectivity index (χ2n) is 3.52. The van der Waals surface area contributed by atoms with Crippen LogP contribution in [0.25, 0.3) is 0 Å². The molecule has 1 aliphatic carbocycles. The van der Waals surface area contributed by atoms with Gasteiger partial charge in [-0.3, -0.25) is 0 Å². The third-order valence-corrected chi connectivity index (χ3v) is 2.42. The lowest BCUT2D eigenvalue weighted by atomic mass is 10.0. The van der Waals surface area contributed by atoms with Crippen molar-refractivity contribution in [1.82, 2.24) is 0 Å². The number of hydrogen-bond acceptors (Lipinski definition) is 1. The highest BCUT2D eigenvalue weighted by molar-refractivity contribution is 5.85. The molecule has 1 nitrogen and oxygen atoms in total. The SMILES string of the molecule is Cc1ccc(C2(N)CC2)cc1.Cl. The standard InChI is InChI=1S/C10H13N.ClH/c1-8-2-4-9(5-3-8)10(11)6-7-10;/h2-5H,6-7,11H2,1H3;1H. The summed E-state index contributed by atoms with van der Waals surface area (Å²) in [7, 11) is 0. The molecule has 1 aromatic carbocycles. The van der Waals surface area contributed by atoms with Gasteiger partial charge >= 0.3 is 0 Å². The van der Waals surface area contributed by atoms with E-state index in [1.165, 1.54) is 11.1 Å². The van der Waals surface area contributed by atoms with Crippen LogP contribution in [0.4, 0.5) is 0 Å². The van der Waals surface area contributed by atoms with Crippen LogP contribution in [0.3, 0.4) is 0 Å². The number of aryl methyl sites for hydroxylation is 1. The predicted octanol–water partition coefficient (Wildman–Crippen LogP) is 2.36. The summed E-state index contributed by atoms with van der Waals surface area (Å²) in [6.07, 6.45) is 2.30. The third kappa shape index (κ3) is 1.62. The fraction of sp³-hybridized carbons (Fsp3) is 0.400. The molecule has 2 rings (SSSR count). The molecule has 12 heavy (non-hydrogen) atoms. The molecule has 0 saturated heterocycles. The van der Waals surface area contributed by atoms with Gasteiger partial charge in [-0.25, -0.2) is 0 Å². The summed E-state index contributed by atoms with van der Waals surface area (Å²) in [5, 5.41) is 0. The van der Waals surface area contributed by atoms with E-state index in [0.717, 1.165) is 12.8 Å². The van der Waals surface area contributed by atoms with Gasteiger partial charge in [0.15, 0.2) is 0 Å². The van der Waals surface area contributed by atoms with E-state index in [2.05, 4.69) is 31.2 Å². The summed E-state index contributed by atoms with van der Waals surface area (Å²) < 4.78 is 0. The summed E-state index contributed by atoms with van der Waals surface area (Å²) in [6, 6.07) is 8.54. The molecule has 0 atom stereocenters. The van der Waals surface area contributed by atoms with Crippen molar-refractivity contribution in [3.63, 3.8) is 0 Å². The van der Waals surface area contributed by atoms with Gasteiger partial charge in [0.1, 0.15) is 0 Å². The first kappa shape index (κ1) is 9.56. The minimum absolute atomic E-state index is 0. The van der Waals surface area contributed by atoms with Crippen molar-refractivity contribution in [3.05, 3.63) is 35.4 Å². The van der Waals surface area contributed by atoms with Gasteiger partial charge in [-0.05, 0) is 25.3 Å². The second kappa shape index (κ2) is 3.08. The summed E-state index contributed by atoms with van der Waals surface area (Å²) in [5.74, 6) is 0. The monoisotopic (exact) mass is 183 g/mol. The number of benzene rings is 1. The van der Waals surface area contributed by atoms with Crippen LogP contribution in [0.5, 0.6) is 0 Å². The van der Waals surface area contributed by atoms with E-state index in [1.54, 1.807) is 0 Å². The Balaban J connectivity index is 0.000000720. The Morgan fingerprint density at radius 3 is 2.08 bits per heavy atom. The molecule has 2 heteroatoms. The quantitative estimate of drug-likeness (QED) is 0.711. The Morgan fingerprint density at radius 1 is 1.17 bits per heavy atom. The van der Waals surface area contributed by atoms with Crippen LogP contribution in [-0.4, -0.2) is 0 Å². The van der Waals surface area contributed by atoms with Crippen LogP contribution in [0, 0.1) is 6.92 Å². The first-order chi connectivity index (χ1) is 5.21. The topological polar surface area (TPSA) is 26.0 Å². The minimum Gasteiger partial charge on any atom is -0.321 e. The van der Waals surface area contributed by atoms with E-state index in [0.29, 0.717) is 0 Å². The van der Waals surface area contributed by atoms with E-state index in [9.17, 15) is 0 Å². The van der Waals surface area contributed by atoms with Gasteiger partial charge in [0.05, 0.1) is 0 Å². The highest BCUT2D eigenvalue weighted by Crippen LogP contribution is 2.42. The van der Waals surface area contributed by atoms with E-state index in [1.807, 2.05) is 0 Å². The molecule has 0 bridgehead atoms. The smallest absolute Gasteiger partial charge is 0.0411 e. The molecule has 0 radical (unpaired) electrons. The van der Waals surface area contributed by atoms with Gasteiger partial charge in [0.2, 0.25) is 0 Å². The summed E-state index contributed by atoms with van der Waals surface area (Å²) in [4.78, 5) is 0. The van der Waals surface area contributed by atoms with Gasteiger partial charge in [0.25, 0.3) is 0 Å². The van der Waals surface area contributed by atoms with Crippen molar-refractivity contribution in [2.45, 2.75) is 25.3 Å². The van der Waals surface area contributed by atoms with Crippen molar-refractivity contribution in [2.24, 2.45) is 5.73 Å². The lowest BCUT2D eigenvalue weighted by Crippen LogP contribution is -2.18. The molecule has 1 saturated carbocycles. The van der Waals surface area contributed by atoms with Crippen LogP contribution < -0.4 is 5.73 Å². The Morgan fingerprint density at radius 2 is 1.67 bits per heavy atom. The van der Waals surface area contributed by atoms with E-state index in [4.69, 9.17) is 5.73 Å². The molecule has 0 aliphatic heterocycles. The van der Waals surface area contributed by atoms with Gasteiger partial charge in [-0.2, -0.15) is 0 Å². The van der Waals surface area contributed by atoms with Gasteiger partial charge in [0, 0.05) is 5.54 Å². The molecule has 1 fully saturated rings. The van der Waals surface area contributed by atoms with Gasteiger partial charge in [-0.15, -0.1) is 12.4 Å². The second-order valence-corrected chi connectivity index (χ2v) is 3.52. The zero-order valence-electron chi connectivity index (χ0n) is 7.21. The maximum Gasteiger partial charge on any atom is 0.0411 e. The molecule has 66 valence electrons. The predicted molar refractivity (Wildman–Crippen MR) is 53.5 cm³/mol. The summed E-state index contributed by atoms with van der Waals surface area (Å²) in [6.45, 7) is 2.10. The number of nitrogens with two attached hydrogens (primary N) is 1. The highest BCUT2D eigenvalue weighted by Gasteiger charge is 2.39. The van der Waals surface area contributed by atoms with Crippen molar-refractivity contribution >= 4 is 12.4 Å². The van der Waals surface area contributed by atoms with Gasteiger partial charge < -0.3 is 5.73 Å². The number of rotatable bonds is 1. The minimum atomic E-state index is 0. The van der Waals surface area contributed by atoms with Crippen LogP contribution in [0.1, 0.15) is 24.0 Å². The molecule has 1 aromatic rings. The van der Waals surface area contributed by atoms with E-state index in [-0.39, 0.29) is 17.9 Å². The normalized spacial score (nSPS) is 18.2. The fourth-order valence-corrected chi connectivity index (χ4v) is 1.31. The lowest BCUT2D eigenvalue weighted by molar-refractivity contribution is 0.740. The molecule has 0 amide bonds. The molecule has 0 aromatic heterocycles. The molecule has 1 aliphatic rings. The number of hydrogen-bond donors (Lipinski definition) is 1. The molecule has 0 spiro atoms. The zero-order valence-corrected chi connectivity index (χ0v) is 8.03. The Kier molecular flexibility index (Phi) is 2.45. The van der Waals surface area contributed by atoms with E-state index >= 15 is 0 Å². The molecular formula is C10H14ClN. The van der Waals surface area contributed by atoms with Crippen molar-refractivity contribution in [2.75, 3.05) is 0 Å². The van der Waals surface area contributed by atoms with Crippen LogP contribution >= 0.6 is 12.4 Å². The van der Waals surface area contributed by atoms with Gasteiger partial charge in [-0.1, -0.05) is 29.8 Å². The zero-order chi connectivity index (χ0) is 7.90. The first-order valence-electron chi connectivity index (χ1n) is 4.07. The van der Waals surface area contributed by atoms with Crippen LogP contribution in [0.15, 0.2) is 24.3 Å². The Labute approximate surface area is 79.4 Å². The van der Waals surface area contributed by atoms with Crippen molar-refractivity contribution < 1.29 is 0 Å². The van der Waals surface area contributed by atoms with Crippen molar-refractivity contribution in [3.8, 4) is 0 Å². The van der Waals surface area contributed by atoms with Crippen LogP contribution in [-0.2, 0) is 5.54 Å². The Bertz CT molecular complexity index is 262. The average Bonchev–Trinajstić information content (AvgIpc) is 2.70. The van der Waals surface area contributed by atoms with Crippen molar-refractivity contribution in [1.29, 1.82) is 0 Å². The summed E-state index contributed by atoms with van der Waals surface area (Å²) >= 11 is 0. The number of halogens is 1.